The Labute approximate surface area is 224 Å². The van der Waals surface area contributed by atoms with Gasteiger partial charge in [0.2, 0.25) is 0 Å². The third-order valence-electron chi connectivity index (χ3n) is 7.53. The van der Waals surface area contributed by atoms with E-state index in [2.05, 4.69) is 25.5 Å². The Morgan fingerprint density at radius 2 is 2.00 bits per heavy atom. The number of rotatable bonds is 9. The number of aromatic nitrogens is 2. The van der Waals surface area contributed by atoms with Crippen molar-refractivity contribution in [3.8, 4) is 5.75 Å². The minimum atomic E-state index is -0.389. The number of thiophene rings is 1. The molecule has 1 saturated carbocycles. The topological polar surface area (TPSA) is 97.8 Å². The van der Waals surface area contributed by atoms with Gasteiger partial charge in [0.1, 0.15) is 41.4 Å². The van der Waals surface area contributed by atoms with Gasteiger partial charge in [-0.1, -0.05) is 0 Å². The van der Waals surface area contributed by atoms with Crippen LogP contribution in [0.1, 0.15) is 47.3 Å². The lowest BCUT2D eigenvalue weighted by Crippen LogP contribution is -2.28. The van der Waals surface area contributed by atoms with Gasteiger partial charge in [0.25, 0.3) is 5.91 Å². The molecule has 3 aromatic rings. The monoisotopic (exact) mass is 541 g/mol. The van der Waals surface area contributed by atoms with Gasteiger partial charge in [0.05, 0.1) is 28.2 Å². The highest BCUT2D eigenvalue weighted by molar-refractivity contribution is 7.20. The summed E-state index contributed by atoms with van der Waals surface area (Å²) in [7, 11) is 0. The first-order valence-electron chi connectivity index (χ1n) is 13.3. The number of fused-ring (bicyclic) bond motifs is 2. The lowest BCUT2D eigenvalue weighted by Gasteiger charge is -2.18. The molecule has 4 heterocycles. The van der Waals surface area contributed by atoms with E-state index in [1.54, 1.807) is 6.07 Å². The van der Waals surface area contributed by atoms with Crippen molar-refractivity contribution in [1.82, 2.24) is 20.2 Å². The molecule has 2 N–H and O–H groups in total. The van der Waals surface area contributed by atoms with Gasteiger partial charge in [-0.25, -0.2) is 14.4 Å². The van der Waals surface area contributed by atoms with Crippen LogP contribution in [0.15, 0.2) is 24.5 Å². The van der Waals surface area contributed by atoms with Crippen LogP contribution in [0.2, 0.25) is 0 Å². The molecule has 0 spiro atoms. The molecule has 3 aliphatic rings. The molecule has 2 aromatic heterocycles. The zero-order chi connectivity index (χ0) is 26.1. The Bertz CT molecular complexity index is 1300. The minimum absolute atomic E-state index is 0.0182. The second-order valence-corrected chi connectivity index (χ2v) is 11.1. The van der Waals surface area contributed by atoms with Crippen LogP contribution in [0.5, 0.6) is 5.75 Å². The molecule has 0 radical (unpaired) electrons. The van der Waals surface area contributed by atoms with Crippen molar-refractivity contribution in [2.24, 2.45) is 0 Å². The van der Waals surface area contributed by atoms with Crippen molar-refractivity contribution < 1.29 is 23.4 Å². The molecule has 202 valence electrons. The van der Waals surface area contributed by atoms with Crippen LogP contribution >= 0.6 is 11.3 Å². The lowest BCUT2D eigenvalue weighted by atomic mass is 10.2. The number of aryl methyl sites for hydroxylation is 1. The average molecular weight is 542 g/mol. The number of anilines is 2. The molecule has 2 aliphatic heterocycles. The quantitative estimate of drug-likeness (QED) is 0.385. The first kappa shape index (κ1) is 25.4. The second kappa shape index (κ2) is 11.1. The molecule has 1 amide bonds. The lowest BCUT2D eigenvalue weighted by molar-refractivity contribution is 0.0123. The largest absolute Gasteiger partial charge is 0.488 e. The van der Waals surface area contributed by atoms with E-state index in [0.717, 1.165) is 37.0 Å². The number of hydrogen-bond donors (Lipinski definition) is 2. The van der Waals surface area contributed by atoms with E-state index in [1.165, 1.54) is 42.6 Å². The maximum atomic E-state index is 14.2. The van der Waals surface area contributed by atoms with Gasteiger partial charge in [-0.05, 0) is 63.5 Å². The van der Waals surface area contributed by atoms with Gasteiger partial charge in [0.15, 0.2) is 0 Å². The number of nitrogens with one attached hydrogen (secondary N) is 2. The highest BCUT2D eigenvalue weighted by Gasteiger charge is 2.41. The maximum absolute atomic E-state index is 14.2. The third kappa shape index (κ3) is 5.33. The summed E-state index contributed by atoms with van der Waals surface area (Å²) < 4.78 is 31.6. The highest BCUT2D eigenvalue weighted by Crippen LogP contribution is 2.38. The van der Waals surface area contributed by atoms with Crippen molar-refractivity contribution in [2.45, 2.75) is 57.3 Å². The molecule has 0 bridgehead atoms. The smallest absolute Gasteiger partial charge is 0.261 e. The maximum Gasteiger partial charge on any atom is 0.261 e. The molecule has 38 heavy (non-hydrogen) atoms. The third-order valence-corrected chi connectivity index (χ3v) is 8.73. The fourth-order valence-corrected chi connectivity index (χ4v) is 6.62. The van der Waals surface area contributed by atoms with Gasteiger partial charge in [0, 0.05) is 25.5 Å². The number of likely N-dealkylation sites (tertiary alicyclic amines) is 1. The van der Waals surface area contributed by atoms with Gasteiger partial charge in [-0.3, -0.25) is 4.79 Å². The number of halogens is 1. The molecule has 11 heteroatoms. The number of amides is 1. The van der Waals surface area contributed by atoms with E-state index in [9.17, 15) is 9.18 Å². The number of carbonyl (C=O) groups is 1. The number of hydrogen-bond acceptors (Lipinski definition) is 9. The fraction of sp³-hybridized carbons (Fsp3) is 0.519. The van der Waals surface area contributed by atoms with Gasteiger partial charge in [-0.2, -0.15) is 0 Å². The van der Waals surface area contributed by atoms with Crippen LogP contribution in [-0.2, 0) is 9.47 Å². The number of ether oxygens (including phenoxy) is 3. The van der Waals surface area contributed by atoms with E-state index in [0.29, 0.717) is 53.1 Å². The van der Waals surface area contributed by atoms with Crippen molar-refractivity contribution in [2.75, 3.05) is 38.3 Å². The van der Waals surface area contributed by atoms with E-state index in [1.807, 2.05) is 6.92 Å². The average Bonchev–Trinajstić information content (AvgIpc) is 3.69. The first-order valence-corrected chi connectivity index (χ1v) is 14.1. The molecule has 6 rings (SSSR count). The summed E-state index contributed by atoms with van der Waals surface area (Å²) in [6.07, 6.45) is 6.21. The van der Waals surface area contributed by atoms with Crippen LogP contribution in [0.4, 0.5) is 15.9 Å². The summed E-state index contributed by atoms with van der Waals surface area (Å²) in [4.78, 5) is 25.6. The molecule has 1 aliphatic carbocycles. The Hall–Kier alpha value is -2.86. The van der Waals surface area contributed by atoms with Crippen LogP contribution in [0.25, 0.3) is 10.2 Å². The van der Waals surface area contributed by atoms with Gasteiger partial charge in [-0.15, -0.1) is 11.3 Å². The fourth-order valence-electron chi connectivity index (χ4n) is 5.56. The summed E-state index contributed by atoms with van der Waals surface area (Å²) in [6, 6.07) is 4.39. The Morgan fingerprint density at radius 3 is 2.79 bits per heavy atom. The second-order valence-electron chi connectivity index (χ2n) is 10.1. The number of benzene rings is 1. The normalized spacial score (nSPS) is 23.2. The molecule has 2 saturated heterocycles. The Morgan fingerprint density at radius 1 is 1.21 bits per heavy atom. The minimum Gasteiger partial charge on any atom is -0.488 e. The van der Waals surface area contributed by atoms with Crippen molar-refractivity contribution in [3.63, 3.8) is 0 Å². The molecule has 1 aromatic carbocycles. The van der Waals surface area contributed by atoms with Crippen LogP contribution in [-0.4, -0.2) is 72.1 Å². The summed E-state index contributed by atoms with van der Waals surface area (Å²) in [6.45, 7) is 6.18. The van der Waals surface area contributed by atoms with Crippen LogP contribution < -0.4 is 15.4 Å². The Kier molecular flexibility index (Phi) is 7.42. The Balaban J connectivity index is 1.17. The van der Waals surface area contributed by atoms with E-state index >= 15 is 0 Å². The van der Waals surface area contributed by atoms with Gasteiger partial charge < -0.3 is 29.7 Å². The van der Waals surface area contributed by atoms with Crippen molar-refractivity contribution in [3.05, 3.63) is 40.8 Å². The van der Waals surface area contributed by atoms with Gasteiger partial charge >= 0.3 is 0 Å². The SMILES string of the molecule is Cc1c(C(=O)NCCCN2CCCC2)sc2ncnc(Nc3ccc(F)cc3OC3C[C@@H]4OCO[C@@H]4C3)c12. The van der Waals surface area contributed by atoms with E-state index < -0.39 is 0 Å². The standard InChI is InChI=1S/C27H32FN5O4S/c1-16-23-25(30-14-31-27(23)38-24(16)26(34)29-7-4-10-33-8-2-3-9-33)32-19-6-5-17(28)11-20(19)37-18-12-21-22(13-18)36-15-35-21/h5-6,11,14,18,21-22H,2-4,7-10,12-13,15H2,1H3,(H,29,34)(H,30,31,32)/t18?,21-,22+. The molecular weight excluding hydrogens is 509 g/mol. The summed E-state index contributed by atoms with van der Waals surface area (Å²) >= 11 is 1.35. The van der Waals surface area contributed by atoms with E-state index in [4.69, 9.17) is 14.2 Å². The highest BCUT2D eigenvalue weighted by atomic mass is 32.1. The van der Waals surface area contributed by atoms with Crippen LogP contribution in [0, 0.1) is 12.7 Å². The summed E-state index contributed by atoms with van der Waals surface area (Å²) in [5, 5.41) is 7.14. The zero-order valence-electron chi connectivity index (χ0n) is 21.4. The zero-order valence-corrected chi connectivity index (χ0v) is 22.2. The molecule has 9 nitrogen and oxygen atoms in total. The first-order chi connectivity index (χ1) is 18.5. The molecular formula is C27H32FN5O4S. The summed E-state index contributed by atoms with van der Waals surface area (Å²) in [5.41, 5.74) is 1.40. The van der Waals surface area contributed by atoms with Crippen molar-refractivity contribution in [1.29, 1.82) is 0 Å². The predicted octanol–water partition coefficient (Wildman–Crippen LogP) is 4.38. The predicted molar refractivity (Wildman–Crippen MR) is 143 cm³/mol. The van der Waals surface area contributed by atoms with Crippen LogP contribution in [0.3, 0.4) is 0 Å². The molecule has 3 fully saturated rings. The number of nitrogens with zero attached hydrogens (tertiary/aromatic N) is 3. The van der Waals surface area contributed by atoms with E-state index in [-0.39, 0.29) is 30.0 Å². The number of carbonyl (C=O) groups excluding carboxylic acids is 1. The molecule has 1 unspecified atom stereocenters. The summed E-state index contributed by atoms with van der Waals surface area (Å²) in [5.74, 6) is 0.452. The van der Waals surface area contributed by atoms with Crippen molar-refractivity contribution >= 4 is 39.0 Å². The molecule has 3 atom stereocenters.